The number of hydrogen-bond acceptors (Lipinski definition) is 5. The van der Waals surface area contributed by atoms with Crippen molar-refractivity contribution in [1.29, 1.82) is 10.5 Å². The Morgan fingerprint density at radius 2 is 0.652 bits per heavy atom. The molecule has 6 aromatic heterocycles. The molecule has 0 saturated heterocycles. The Bertz CT molecular complexity index is 4020. The quantitative estimate of drug-likeness (QED) is 0.155. The fourth-order valence-corrected chi connectivity index (χ4v) is 10.5. The number of pyridine rings is 3. The molecule has 0 fully saturated rings. The van der Waals surface area contributed by atoms with E-state index in [1.807, 2.05) is 18.2 Å². The van der Waals surface area contributed by atoms with Crippen molar-refractivity contribution in [3.8, 4) is 62.6 Å². The molecule has 0 bridgehead atoms. The molecular weight excluding hydrogens is 847 g/mol. The molecule has 13 rings (SSSR count). The van der Waals surface area contributed by atoms with E-state index in [1.54, 1.807) is 36.8 Å². The lowest BCUT2D eigenvalue weighted by Crippen LogP contribution is -2.14. The van der Waals surface area contributed by atoms with E-state index < -0.39 is 0 Å². The zero-order chi connectivity index (χ0) is 46.2. The standard InChI is InChI=1S/C60H33N9/c1-63-54-31-28-39(36-66-54)57-55(37-26-29-40(32-61)64-34-37)56(38-27-30-41(33-62)65-35-38)58(67-48-20-8-2-14-42(48)43-15-3-9-21-49(43)67)60(69-52-24-12-6-18-46(52)47-19-7-13-25-53(47)69)59(57)68-50-22-10-4-16-44(50)45-17-5-11-23-51(45)68/h2-31,34-36H. The van der Waals surface area contributed by atoms with Gasteiger partial charge in [-0.15, -0.1) is 4.98 Å². The molecule has 69 heavy (non-hydrogen) atoms. The summed E-state index contributed by atoms with van der Waals surface area (Å²) in [5.41, 5.74) is 13.6. The summed E-state index contributed by atoms with van der Waals surface area (Å²) in [6.07, 6.45) is 5.34. The van der Waals surface area contributed by atoms with Gasteiger partial charge in [0.15, 0.2) is 0 Å². The minimum absolute atomic E-state index is 0.264. The molecule has 0 unspecified atom stereocenters. The van der Waals surface area contributed by atoms with Crippen molar-refractivity contribution in [2.45, 2.75) is 0 Å². The van der Waals surface area contributed by atoms with Crippen LogP contribution >= 0.6 is 0 Å². The molecular formula is C60H33N9. The Morgan fingerprint density at radius 1 is 0.348 bits per heavy atom. The van der Waals surface area contributed by atoms with Crippen molar-refractivity contribution in [2.75, 3.05) is 0 Å². The number of rotatable bonds is 6. The first-order chi connectivity index (χ1) is 34.1. The van der Waals surface area contributed by atoms with Crippen LogP contribution in [-0.4, -0.2) is 28.7 Å². The van der Waals surface area contributed by atoms with Crippen LogP contribution in [0, 0.1) is 29.2 Å². The van der Waals surface area contributed by atoms with Crippen molar-refractivity contribution >= 4 is 71.2 Å². The van der Waals surface area contributed by atoms with Crippen LogP contribution in [0.2, 0.25) is 0 Å². The molecule has 318 valence electrons. The van der Waals surface area contributed by atoms with Gasteiger partial charge in [-0.05, 0) is 66.7 Å². The largest absolute Gasteiger partial charge is 0.361 e. The van der Waals surface area contributed by atoms with E-state index in [1.165, 1.54) is 0 Å². The van der Waals surface area contributed by atoms with Crippen LogP contribution in [0.25, 0.3) is 121 Å². The van der Waals surface area contributed by atoms with Crippen LogP contribution in [0.3, 0.4) is 0 Å². The third kappa shape index (κ3) is 5.84. The molecule has 0 radical (unpaired) electrons. The topological polar surface area (TPSA) is 105 Å². The molecule has 6 heterocycles. The smallest absolute Gasteiger partial charge is 0.269 e. The lowest BCUT2D eigenvalue weighted by atomic mass is 9.84. The van der Waals surface area contributed by atoms with E-state index >= 15 is 0 Å². The molecule has 9 heteroatoms. The monoisotopic (exact) mass is 879 g/mol. The zero-order valence-electron chi connectivity index (χ0n) is 36.6. The van der Waals surface area contributed by atoms with Crippen LogP contribution in [-0.2, 0) is 0 Å². The maximum Gasteiger partial charge on any atom is 0.269 e. The summed E-state index contributed by atoms with van der Waals surface area (Å²) in [4.78, 5) is 18.0. The highest BCUT2D eigenvalue weighted by Crippen LogP contribution is 2.54. The second-order valence-corrected chi connectivity index (χ2v) is 16.9. The first-order valence-electron chi connectivity index (χ1n) is 22.4. The number of hydrogen-bond donors (Lipinski definition) is 0. The van der Waals surface area contributed by atoms with E-state index in [0.29, 0.717) is 0 Å². The summed E-state index contributed by atoms with van der Waals surface area (Å²) in [6.45, 7) is 7.96. The molecule has 0 aliphatic heterocycles. The van der Waals surface area contributed by atoms with E-state index in [9.17, 15) is 10.5 Å². The van der Waals surface area contributed by atoms with Gasteiger partial charge in [-0.2, -0.15) is 10.5 Å². The van der Waals surface area contributed by atoms with Gasteiger partial charge in [0.05, 0.1) is 50.2 Å². The van der Waals surface area contributed by atoms with Crippen LogP contribution in [0.1, 0.15) is 11.4 Å². The maximum atomic E-state index is 10.2. The molecule has 9 nitrogen and oxygen atoms in total. The lowest BCUT2D eigenvalue weighted by molar-refractivity contribution is 1.05. The van der Waals surface area contributed by atoms with Gasteiger partial charge in [-0.25, -0.2) is 9.97 Å². The molecule has 0 spiro atoms. The van der Waals surface area contributed by atoms with Gasteiger partial charge in [0.25, 0.3) is 5.82 Å². The first kappa shape index (κ1) is 39.2. The Kier molecular flexibility index (Phi) is 8.82. The summed E-state index contributed by atoms with van der Waals surface area (Å²) >= 11 is 0. The molecule has 0 aliphatic rings. The van der Waals surface area contributed by atoms with Crippen LogP contribution in [0.15, 0.2) is 201 Å². The maximum absolute atomic E-state index is 10.2. The molecule has 0 amide bonds. The number of fused-ring (bicyclic) bond motifs is 9. The van der Waals surface area contributed by atoms with Crippen molar-refractivity contribution < 1.29 is 0 Å². The number of nitriles is 2. The predicted molar refractivity (Wildman–Crippen MR) is 275 cm³/mol. The number of para-hydroxylation sites is 6. The highest BCUT2D eigenvalue weighted by atomic mass is 15.1. The van der Waals surface area contributed by atoms with Gasteiger partial charge in [-0.3, -0.25) is 0 Å². The second kappa shape index (κ2) is 15.5. The number of benzene rings is 7. The Morgan fingerprint density at radius 3 is 0.942 bits per heavy atom. The highest BCUT2D eigenvalue weighted by Gasteiger charge is 2.34. The lowest BCUT2D eigenvalue weighted by Gasteiger charge is -2.30. The van der Waals surface area contributed by atoms with E-state index in [2.05, 4.69) is 176 Å². The third-order valence-electron chi connectivity index (χ3n) is 13.3. The number of aromatic nitrogens is 6. The van der Waals surface area contributed by atoms with Crippen molar-refractivity contribution in [1.82, 2.24) is 28.7 Å². The molecule has 0 aliphatic carbocycles. The predicted octanol–water partition coefficient (Wildman–Crippen LogP) is 14.5. The normalized spacial score (nSPS) is 11.4. The summed E-state index contributed by atoms with van der Waals surface area (Å²) in [5, 5.41) is 26.8. The summed E-state index contributed by atoms with van der Waals surface area (Å²) in [5.74, 6) is 0.264. The SMILES string of the molecule is [C-]#[N+]c1ccc(-c2c(-c3ccc(C#N)nc3)c(-c3ccc(C#N)nc3)c(-n3c4ccccc4c4ccccc43)c(-n3c4ccccc4c4ccccc43)c2-n2c3ccccc3c3ccccc32)cn1. The van der Waals surface area contributed by atoms with Gasteiger partial charge < -0.3 is 18.5 Å². The fraction of sp³-hybridized carbons (Fsp3) is 0. The highest BCUT2D eigenvalue weighted by molar-refractivity contribution is 6.17. The van der Waals surface area contributed by atoms with Crippen molar-refractivity contribution in [2.24, 2.45) is 0 Å². The molecule has 7 aromatic carbocycles. The van der Waals surface area contributed by atoms with Crippen LogP contribution < -0.4 is 0 Å². The van der Waals surface area contributed by atoms with Gasteiger partial charge in [0.2, 0.25) is 0 Å². The molecule has 0 N–H and O–H groups in total. The van der Waals surface area contributed by atoms with Crippen LogP contribution in [0.5, 0.6) is 0 Å². The van der Waals surface area contributed by atoms with E-state index in [-0.39, 0.29) is 17.2 Å². The Balaban J connectivity index is 1.42. The minimum Gasteiger partial charge on any atom is -0.361 e. The first-order valence-corrected chi connectivity index (χ1v) is 22.4. The fourth-order valence-electron chi connectivity index (χ4n) is 10.5. The summed E-state index contributed by atoms with van der Waals surface area (Å²) < 4.78 is 7.19. The zero-order valence-corrected chi connectivity index (χ0v) is 36.6. The average molecular weight is 880 g/mol. The Hall–Kier alpha value is -10.1. The number of nitrogens with zero attached hydrogens (tertiary/aromatic N) is 9. The van der Waals surface area contributed by atoms with E-state index in [0.717, 1.165) is 116 Å². The molecule has 0 atom stereocenters. The molecule has 0 saturated carbocycles. The molecule has 13 aromatic rings. The van der Waals surface area contributed by atoms with Gasteiger partial charge in [0, 0.05) is 78.1 Å². The van der Waals surface area contributed by atoms with Gasteiger partial charge in [-0.1, -0.05) is 122 Å². The van der Waals surface area contributed by atoms with Gasteiger partial charge in [0.1, 0.15) is 29.7 Å². The summed E-state index contributed by atoms with van der Waals surface area (Å²) in [7, 11) is 0. The minimum atomic E-state index is 0.264. The third-order valence-corrected chi connectivity index (χ3v) is 13.3. The average Bonchev–Trinajstić information content (AvgIpc) is 4.06. The van der Waals surface area contributed by atoms with Crippen LogP contribution in [0.4, 0.5) is 5.82 Å². The van der Waals surface area contributed by atoms with Crippen molar-refractivity contribution in [3.63, 3.8) is 0 Å². The van der Waals surface area contributed by atoms with Gasteiger partial charge >= 0.3 is 0 Å². The second-order valence-electron chi connectivity index (χ2n) is 16.9. The Labute approximate surface area is 394 Å². The van der Waals surface area contributed by atoms with Crippen molar-refractivity contribution in [3.05, 3.63) is 223 Å². The summed E-state index contributed by atoms with van der Waals surface area (Å²) in [6, 6.07) is 66.8. The van der Waals surface area contributed by atoms with E-state index in [4.69, 9.17) is 21.5 Å².